The second-order valence-corrected chi connectivity index (χ2v) is 6.96. The number of hydrogen-bond donors (Lipinski definition) is 0. The van der Waals surface area contributed by atoms with Gasteiger partial charge in [-0.2, -0.15) is 0 Å². The zero-order valence-corrected chi connectivity index (χ0v) is 13.5. The van der Waals surface area contributed by atoms with Gasteiger partial charge in [0.25, 0.3) is 0 Å². The van der Waals surface area contributed by atoms with Crippen LogP contribution in [-0.4, -0.2) is 15.1 Å². The Kier molecular flexibility index (Phi) is 5.78. The third-order valence-corrected chi connectivity index (χ3v) is 3.65. The van der Waals surface area contributed by atoms with Gasteiger partial charge < -0.3 is 4.74 Å². The Morgan fingerprint density at radius 2 is 1.83 bits per heavy atom. The number of esters is 1. The van der Waals surface area contributed by atoms with E-state index in [0.29, 0.717) is 5.33 Å². The topological polar surface area (TPSA) is 26.3 Å². The Bertz CT molecular complexity index is 406. The summed E-state index contributed by atoms with van der Waals surface area (Å²) in [5, 5.41) is 0.345. The van der Waals surface area contributed by atoms with Crippen molar-refractivity contribution in [3.63, 3.8) is 0 Å². The standard InChI is InChI=1S/C12H12BrCl3O2/c1-9(17)18-11(8-13,7-12(14,15)16)10-5-3-2-4-6-10/h2-6H,7-8H2,1H3. The fourth-order valence-electron chi connectivity index (χ4n) is 1.69. The van der Waals surface area contributed by atoms with Crippen LogP contribution in [0.1, 0.15) is 18.9 Å². The lowest BCUT2D eigenvalue weighted by atomic mass is 9.92. The first-order valence-corrected chi connectivity index (χ1v) is 7.42. The van der Waals surface area contributed by atoms with Crippen LogP contribution in [0.3, 0.4) is 0 Å². The summed E-state index contributed by atoms with van der Waals surface area (Å²) in [5.74, 6) is -0.424. The summed E-state index contributed by atoms with van der Waals surface area (Å²) in [6.07, 6.45) is 0.0690. The van der Waals surface area contributed by atoms with E-state index in [-0.39, 0.29) is 6.42 Å². The predicted molar refractivity (Wildman–Crippen MR) is 78.6 cm³/mol. The molecule has 0 saturated carbocycles. The van der Waals surface area contributed by atoms with Crippen LogP contribution in [0.5, 0.6) is 0 Å². The molecule has 100 valence electrons. The normalized spacial score (nSPS) is 14.9. The molecule has 0 N–H and O–H groups in total. The van der Waals surface area contributed by atoms with Crippen LogP contribution in [0.25, 0.3) is 0 Å². The number of alkyl halides is 4. The quantitative estimate of drug-likeness (QED) is 0.569. The molecule has 0 fully saturated rings. The van der Waals surface area contributed by atoms with E-state index in [1.54, 1.807) is 0 Å². The largest absolute Gasteiger partial charge is 0.453 e. The number of hydrogen-bond acceptors (Lipinski definition) is 2. The van der Waals surface area contributed by atoms with Gasteiger partial charge in [0, 0.05) is 18.7 Å². The van der Waals surface area contributed by atoms with Crippen LogP contribution >= 0.6 is 50.7 Å². The molecule has 0 aliphatic rings. The molecule has 1 unspecified atom stereocenters. The second kappa shape index (κ2) is 6.47. The van der Waals surface area contributed by atoms with E-state index in [9.17, 15) is 4.79 Å². The monoisotopic (exact) mass is 372 g/mol. The summed E-state index contributed by atoms with van der Waals surface area (Å²) in [4.78, 5) is 11.3. The van der Waals surface area contributed by atoms with Gasteiger partial charge in [-0.1, -0.05) is 81.1 Å². The van der Waals surface area contributed by atoms with Gasteiger partial charge in [0.1, 0.15) is 0 Å². The number of rotatable bonds is 4. The minimum atomic E-state index is -1.51. The smallest absolute Gasteiger partial charge is 0.303 e. The summed E-state index contributed by atoms with van der Waals surface area (Å²) in [7, 11) is 0. The number of halogens is 4. The summed E-state index contributed by atoms with van der Waals surface area (Å²) < 4.78 is 3.90. The number of carbonyl (C=O) groups is 1. The Morgan fingerprint density at radius 3 is 2.22 bits per heavy atom. The van der Waals surface area contributed by atoms with E-state index < -0.39 is 15.4 Å². The molecule has 2 nitrogen and oxygen atoms in total. The highest BCUT2D eigenvalue weighted by Gasteiger charge is 2.42. The lowest BCUT2D eigenvalue weighted by molar-refractivity contribution is -0.156. The van der Waals surface area contributed by atoms with Crippen molar-refractivity contribution < 1.29 is 9.53 Å². The van der Waals surface area contributed by atoms with Crippen molar-refractivity contribution in [2.75, 3.05) is 5.33 Å². The minimum Gasteiger partial charge on any atom is -0.453 e. The highest BCUT2D eigenvalue weighted by atomic mass is 79.9. The van der Waals surface area contributed by atoms with Gasteiger partial charge in [0.15, 0.2) is 9.39 Å². The van der Waals surface area contributed by atoms with E-state index in [1.807, 2.05) is 30.3 Å². The Labute approximate surface area is 130 Å². The molecule has 0 heterocycles. The van der Waals surface area contributed by atoms with Crippen molar-refractivity contribution in [3.8, 4) is 0 Å². The molecule has 1 atom stereocenters. The van der Waals surface area contributed by atoms with Crippen molar-refractivity contribution in [2.24, 2.45) is 0 Å². The van der Waals surface area contributed by atoms with Gasteiger partial charge in [0.05, 0.1) is 0 Å². The maximum atomic E-state index is 11.3. The molecule has 18 heavy (non-hydrogen) atoms. The van der Waals surface area contributed by atoms with Crippen molar-refractivity contribution in [3.05, 3.63) is 35.9 Å². The van der Waals surface area contributed by atoms with Crippen LogP contribution in [0.4, 0.5) is 0 Å². The first-order valence-electron chi connectivity index (χ1n) is 5.17. The van der Waals surface area contributed by atoms with Gasteiger partial charge in [-0.25, -0.2) is 0 Å². The lowest BCUT2D eigenvalue weighted by Gasteiger charge is -2.34. The minimum absolute atomic E-state index is 0.0690. The van der Waals surface area contributed by atoms with Gasteiger partial charge in [-0.3, -0.25) is 4.79 Å². The van der Waals surface area contributed by atoms with Crippen molar-refractivity contribution in [2.45, 2.75) is 22.7 Å². The van der Waals surface area contributed by atoms with Crippen molar-refractivity contribution in [1.29, 1.82) is 0 Å². The van der Waals surface area contributed by atoms with E-state index in [4.69, 9.17) is 39.5 Å². The van der Waals surface area contributed by atoms with Crippen LogP contribution in [0, 0.1) is 0 Å². The molecule has 0 aliphatic heterocycles. The molecule has 1 aromatic rings. The molecule has 0 aliphatic carbocycles. The fourth-order valence-corrected chi connectivity index (χ4v) is 2.97. The van der Waals surface area contributed by atoms with Crippen LogP contribution in [0.2, 0.25) is 0 Å². The summed E-state index contributed by atoms with van der Waals surface area (Å²) >= 11 is 20.9. The molecule has 1 rings (SSSR count). The lowest BCUT2D eigenvalue weighted by Crippen LogP contribution is -2.37. The molecule has 0 radical (unpaired) electrons. The maximum Gasteiger partial charge on any atom is 0.303 e. The molecule has 0 aromatic heterocycles. The number of carbonyl (C=O) groups excluding carboxylic acids is 1. The third-order valence-electron chi connectivity index (χ3n) is 2.34. The van der Waals surface area contributed by atoms with E-state index >= 15 is 0 Å². The van der Waals surface area contributed by atoms with E-state index in [2.05, 4.69) is 15.9 Å². The number of benzene rings is 1. The Balaban J connectivity index is 3.18. The molecule has 0 spiro atoms. The zero-order chi connectivity index (χ0) is 13.8. The maximum absolute atomic E-state index is 11.3. The Morgan fingerprint density at radius 1 is 1.28 bits per heavy atom. The molecular weight excluding hydrogens is 362 g/mol. The van der Waals surface area contributed by atoms with Crippen molar-refractivity contribution >= 4 is 56.7 Å². The number of ether oxygens (including phenoxy) is 1. The highest BCUT2D eigenvalue weighted by molar-refractivity contribution is 9.09. The molecule has 1 aromatic carbocycles. The summed E-state index contributed by atoms with van der Waals surface area (Å²) in [6.45, 7) is 1.33. The van der Waals surface area contributed by atoms with Crippen LogP contribution in [0.15, 0.2) is 30.3 Å². The average molecular weight is 374 g/mol. The molecular formula is C12H12BrCl3O2. The Hall–Kier alpha value is 0.0400. The average Bonchev–Trinajstić information content (AvgIpc) is 2.26. The van der Waals surface area contributed by atoms with E-state index in [0.717, 1.165) is 5.56 Å². The van der Waals surface area contributed by atoms with Gasteiger partial charge in [-0.05, 0) is 5.56 Å². The highest BCUT2D eigenvalue weighted by Crippen LogP contribution is 2.43. The fraction of sp³-hybridized carbons (Fsp3) is 0.417. The summed E-state index contributed by atoms with van der Waals surface area (Å²) in [5.41, 5.74) is -0.207. The first-order chi connectivity index (χ1) is 8.29. The second-order valence-electron chi connectivity index (χ2n) is 3.88. The first kappa shape index (κ1) is 16.1. The van der Waals surface area contributed by atoms with Crippen LogP contribution in [-0.2, 0) is 15.1 Å². The van der Waals surface area contributed by atoms with Crippen LogP contribution < -0.4 is 0 Å². The van der Waals surface area contributed by atoms with Gasteiger partial charge in [-0.15, -0.1) is 0 Å². The third kappa shape index (κ3) is 4.61. The zero-order valence-electron chi connectivity index (χ0n) is 9.63. The molecule has 0 amide bonds. The summed E-state index contributed by atoms with van der Waals surface area (Å²) in [6, 6.07) is 9.22. The van der Waals surface area contributed by atoms with Gasteiger partial charge in [0.2, 0.25) is 0 Å². The van der Waals surface area contributed by atoms with E-state index in [1.165, 1.54) is 6.92 Å². The van der Waals surface area contributed by atoms with Gasteiger partial charge >= 0.3 is 5.97 Å². The molecule has 6 heteroatoms. The molecule has 0 saturated heterocycles. The predicted octanol–water partition coefficient (Wildman–Crippen LogP) is 4.60. The SMILES string of the molecule is CC(=O)OC(CBr)(CC(Cl)(Cl)Cl)c1ccccc1. The van der Waals surface area contributed by atoms with Crippen molar-refractivity contribution in [1.82, 2.24) is 0 Å². The molecule has 0 bridgehead atoms.